The molecule has 0 aliphatic heterocycles. The van der Waals surface area contributed by atoms with Crippen molar-refractivity contribution in [3.63, 3.8) is 0 Å². The summed E-state index contributed by atoms with van der Waals surface area (Å²) in [6.45, 7) is 0. The standard InChI is InChI=1S/C12H9Cl3S/c13-10-4-9(5-11(14)6-10)12(15)3-8-1-2-16-7-8/h1-2,4-7,12H,3H2. The van der Waals surface area contributed by atoms with Gasteiger partial charge in [0.1, 0.15) is 0 Å². The largest absolute Gasteiger partial charge is 0.152 e. The Hall–Kier alpha value is -0.210. The van der Waals surface area contributed by atoms with Gasteiger partial charge in [0.2, 0.25) is 0 Å². The first-order valence-electron chi connectivity index (χ1n) is 4.76. The third-order valence-electron chi connectivity index (χ3n) is 2.24. The fourth-order valence-electron chi connectivity index (χ4n) is 1.49. The highest BCUT2D eigenvalue weighted by Gasteiger charge is 2.10. The number of rotatable bonds is 3. The van der Waals surface area contributed by atoms with Crippen LogP contribution in [0.5, 0.6) is 0 Å². The van der Waals surface area contributed by atoms with E-state index < -0.39 is 0 Å². The molecule has 1 aromatic heterocycles. The number of hydrogen-bond donors (Lipinski definition) is 0. The van der Waals surface area contributed by atoms with Gasteiger partial charge in [-0.2, -0.15) is 11.3 Å². The van der Waals surface area contributed by atoms with Gasteiger partial charge < -0.3 is 0 Å². The summed E-state index contributed by atoms with van der Waals surface area (Å²) in [6.07, 6.45) is 0.793. The number of halogens is 3. The van der Waals surface area contributed by atoms with Gasteiger partial charge in [-0.15, -0.1) is 11.6 Å². The van der Waals surface area contributed by atoms with Crippen LogP contribution in [0.2, 0.25) is 10.0 Å². The Morgan fingerprint density at radius 2 is 1.81 bits per heavy atom. The predicted octanol–water partition coefficient (Wildman–Crippen LogP) is 5.58. The van der Waals surface area contributed by atoms with Crippen LogP contribution in [0.25, 0.3) is 0 Å². The fourth-order valence-corrected chi connectivity index (χ4v) is 3.02. The van der Waals surface area contributed by atoms with Crippen LogP contribution in [-0.2, 0) is 6.42 Å². The molecule has 1 aromatic carbocycles. The molecule has 0 amide bonds. The Morgan fingerprint density at radius 3 is 2.38 bits per heavy atom. The smallest absolute Gasteiger partial charge is 0.0626 e. The minimum Gasteiger partial charge on any atom is -0.152 e. The lowest BCUT2D eigenvalue weighted by Crippen LogP contribution is -1.94. The summed E-state index contributed by atoms with van der Waals surface area (Å²) in [4.78, 5) is 0. The highest BCUT2D eigenvalue weighted by molar-refractivity contribution is 7.07. The highest BCUT2D eigenvalue weighted by Crippen LogP contribution is 2.30. The molecule has 0 aliphatic carbocycles. The van der Waals surface area contributed by atoms with E-state index in [1.807, 2.05) is 17.5 Å². The van der Waals surface area contributed by atoms with Crippen molar-refractivity contribution in [3.05, 3.63) is 56.2 Å². The highest BCUT2D eigenvalue weighted by atomic mass is 35.5. The molecule has 1 unspecified atom stereocenters. The molecule has 2 rings (SSSR count). The molecule has 84 valence electrons. The summed E-state index contributed by atoms with van der Waals surface area (Å²) in [5, 5.41) is 5.30. The Morgan fingerprint density at radius 1 is 1.12 bits per heavy atom. The zero-order valence-electron chi connectivity index (χ0n) is 8.29. The van der Waals surface area contributed by atoms with E-state index in [2.05, 4.69) is 11.4 Å². The lowest BCUT2D eigenvalue weighted by atomic mass is 10.1. The van der Waals surface area contributed by atoms with Crippen LogP contribution >= 0.6 is 46.1 Å². The normalized spacial score (nSPS) is 12.7. The van der Waals surface area contributed by atoms with Gasteiger partial charge in [0.25, 0.3) is 0 Å². The molecule has 1 heterocycles. The molecule has 4 heteroatoms. The zero-order valence-corrected chi connectivity index (χ0v) is 11.4. The SMILES string of the molecule is Clc1cc(Cl)cc(C(Cl)Cc2ccsc2)c1. The van der Waals surface area contributed by atoms with E-state index in [9.17, 15) is 0 Å². The molecule has 1 atom stereocenters. The summed E-state index contributed by atoms with van der Waals surface area (Å²) in [5.41, 5.74) is 2.20. The van der Waals surface area contributed by atoms with Crippen LogP contribution in [-0.4, -0.2) is 0 Å². The summed E-state index contributed by atoms with van der Waals surface area (Å²) >= 11 is 19.9. The topological polar surface area (TPSA) is 0 Å². The van der Waals surface area contributed by atoms with E-state index in [4.69, 9.17) is 34.8 Å². The Kier molecular flexibility index (Phi) is 4.15. The second-order valence-corrected chi connectivity index (χ2v) is 5.69. The lowest BCUT2D eigenvalue weighted by molar-refractivity contribution is 0.925. The zero-order chi connectivity index (χ0) is 11.5. The molecule has 0 nitrogen and oxygen atoms in total. The first kappa shape index (κ1) is 12.3. The number of benzene rings is 1. The van der Waals surface area contributed by atoms with E-state index in [0.29, 0.717) is 10.0 Å². The maximum Gasteiger partial charge on any atom is 0.0626 e. The molecule has 0 spiro atoms. The maximum absolute atomic E-state index is 6.33. The fraction of sp³-hybridized carbons (Fsp3) is 0.167. The minimum atomic E-state index is -0.0919. The van der Waals surface area contributed by atoms with Gasteiger partial charge in [-0.05, 0) is 52.6 Å². The van der Waals surface area contributed by atoms with Crippen molar-refractivity contribution in [1.29, 1.82) is 0 Å². The first-order valence-corrected chi connectivity index (χ1v) is 6.90. The van der Waals surface area contributed by atoms with E-state index in [1.165, 1.54) is 5.56 Å². The van der Waals surface area contributed by atoms with Gasteiger partial charge in [0.05, 0.1) is 5.38 Å². The van der Waals surface area contributed by atoms with Crippen molar-refractivity contribution in [2.75, 3.05) is 0 Å². The van der Waals surface area contributed by atoms with Gasteiger partial charge in [-0.1, -0.05) is 23.2 Å². The van der Waals surface area contributed by atoms with Crippen LogP contribution in [0.3, 0.4) is 0 Å². The summed E-state index contributed by atoms with van der Waals surface area (Å²) in [5.74, 6) is 0. The molecule has 0 saturated carbocycles. The average molecular weight is 292 g/mol. The molecule has 0 saturated heterocycles. The van der Waals surface area contributed by atoms with E-state index in [0.717, 1.165) is 12.0 Å². The van der Waals surface area contributed by atoms with Crippen molar-refractivity contribution in [3.8, 4) is 0 Å². The van der Waals surface area contributed by atoms with Crippen molar-refractivity contribution in [2.24, 2.45) is 0 Å². The van der Waals surface area contributed by atoms with Crippen LogP contribution < -0.4 is 0 Å². The van der Waals surface area contributed by atoms with Gasteiger partial charge in [0.15, 0.2) is 0 Å². The number of hydrogen-bond acceptors (Lipinski definition) is 1. The molecule has 16 heavy (non-hydrogen) atoms. The van der Waals surface area contributed by atoms with Crippen molar-refractivity contribution < 1.29 is 0 Å². The third kappa shape index (κ3) is 3.14. The Labute approximate surface area is 114 Å². The van der Waals surface area contributed by atoms with E-state index in [-0.39, 0.29) is 5.38 Å². The van der Waals surface area contributed by atoms with Crippen LogP contribution in [0.4, 0.5) is 0 Å². The quantitative estimate of drug-likeness (QED) is 0.648. The molecule has 0 fully saturated rings. The van der Waals surface area contributed by atoms with Crippen LogP contribution in [0.15, 0.2) is 35.0 Å². The monoisotopic (exact) mass is 290 g/mol. The molecule has 0 N–H and O–H groups in total. The second kappa shape index (κ2) is 5.42. The van der Waals surface area contributed by atoms with Gasteiger partial charge >= 0.3 is 0 Å². The predicted molar refractivity (Wildman–Crippen MR) is 73.1 cm³/mol. The first-order chi connectivity index (χ1) is 7.65. The molecule has 0 radical (unpaired) electrons. The van der Waals surface area contributed by atoms with Gasteiger partial charge in [0, 0.05) is 10.0 Å². The van der Waals surface area contributed by atoms with Gasteiger partial charge in [-0.3, -0.25) is 0 Å². The molecule has 0 aliphatic rings. The number of alkyl halides is 1. The minimum absolute atomic E-state index is 0.0919. The summed E-state index contributed by atoms with van der Waals surface area (Å²) < 4.78 is 0. The van der Waals surface area contributed by atoms with Gasteiger partial charge in [-0.25, -0.2) is 0 Å². The van der Waals surface area contributed by atoms with E-state index in [1.54, 1.807) is 17.4 Å². The molecule has 0 bridgehead atoms. The van der Waals surface area contributed by atoms with Crippen molar-refractivity contribution >= 4 is 46.1 Å². The molecule has 2 aromatic rings. The summed E-state index contributed by atoms with van der Waals surface area (Å²) in [7, 11) is 0. The van der Waals surface area contributed by atoms with Crippen LogP contribution in [0.1, 0.15) is 16.5 Å². The molecular formula is C12H9Cl3S. The molecular weight excluding hydrogens is 283 g/mol. The second-order valence-electron chi connectivity index (χ2n) is 3.51. The van der Waals surface area contributed by atoms with Crippen molar-refractivity contribution in [1.82, 2.24) is 0 Å². The maximum atomic E-state index is 6.33. The Balaban J connectivity index is 2.17. The summed E-state index contributed by atoms with van der Waals surface area (Å²) in [6, 6.07) is 7.50. The average Bonchev–Trinajstić information content (AvgIpc) is 2.68. The van der Waals surface area contributed by atoms with Crippen LogP contribution in [0, 0.1) is 0 Å². The lowest BCUT2D eigenvalue weighted by Gasteiger charge is -2.09. The number of thiophene rings is 1. The third-order valence-corrected chi connectivity index (χ3v) is 3.82. The Bertz CT molecular complexity index is 445. The van der Waals surface area contributed by atoms with Crippen molar-refractivity contribution in [2.45, 2.75) is 11.8 Å². The van der Waals surface area contributed by atoms with E-state index >= 15 is 0 Å².